The van der Waals surface area contributed by atoms with Crippen LogP contribution in [0.25, 0.3) is 0 Å². The summed E-state index contributed by atoms with van der Waals surface area (Å²) in [6.45, 7) is 13.1. The molecule has 0 heterocycles. The first-order chi connectivity index (χ1) is 8.91. The number of hydrogen-bond donors (Lipinski definition) is 1. The first-order valence-corrected chi connectivity index (χ1v) is 7.45. The highest BCUT2D eigenvalue weighted by molar-refractivity contribution is 4.84. The summed E-state index contributed by atoms with van der Waals surface area (Å²) in [7, 11) is 0. The van der Waals surface area contributed by atoms with Crippen LogP contribution in [-0.4, -0.2) is 42.8 Å². The van der Waals surface area contributed by atoms with Gasteiger partial charge in [-0.2, -0.15) is 13.2 Å². The van der Waals surface area contributed by atoms with Gasteiger partial charge in [0.2, 0.25) is 0 Å². The van der Waals surface area contributed by atoms with Crippen molar-refractivity contribution in [3.8, 4) is 0 Å². The fourth-order valence-electron chi connectivity index (χ4n) is 2.09. The van der Waals surface area contributed by atoms with Gasteiger partial charge in [-0.25, -0.2) is 0 Å². The van der Waals surface area contributed by atoms with Gasteiger partial charge in [0.05, 0.1) is 6.54 Å². The van der Waals surface area contributed by atoms with Crippen molar-refractivity contribution in [2.75, 3.05) is 26.2 Å². The molecular formula is C15H31F3N2. The van der Waals surface area contributed by atoms with Crippen LogP contribution in [-0.2, 0) is 0 Å². The molecule has 0 amide bonds. The highest BCUT2D eigenvalue weighted by atomic mass is 19.4. The summed E-state index contributed by atoms with van der Waals surface area (Å²) in [5.74, 6) is 0. The molecule has 0 aliphatic heterocycles. The van der Waals surface area contributed by atoms with Gasteiger partial charge in [0, 0.05) is 18.6 Å². The molecule has 0 aromatic rings. The van der Waals surface area contributed by atoms with E-state index in [0.717, 1.165) is 19.4 Å². The van der Waals surface area contributed by atoms with Crippen molar-refractivity contribution < 1.29 is 13.2 Å². The molecule has 0 saturated carbocycles. The Morgan fingerprint density at radius 3 is 1.85 bits per heavy atom. The van der Waals surface area contributed by atoms with Gasteiger partial charge in [0.1, 0.15) is 0 Å². The Balaban J connectivity index is 4.67. The van der Waals surface area contributed by atoms with Crippen LogP contribution >= 0.6 is 0 Å². The minimum Gasteiger partial charge on any atom is -0.311 e. The van der Waals surface area contributed by atoms with Crippen LogP contribution in [0.4, 0.5) is 13.2 Å². The van der Waals surface area contributed by atoms with E-state index in [1.807, 2.05) is 13.8 Å². The molecule has 0 fully saturated rings. The van der Waals surface area contributed by atoms with E-state index in [2.05, 4.69) is 33.0 Å². The normalized spacial score (nSPS) is 16.5. The molecule has 0 aliphatic carbocycles. The minimum atomic E-state index is -4.12. The van der Waals surface area contributed by atoms with Gasteiger partial charge in [-0.3, -0.25) is 4.90 Å². The van der Waals surface area contributed by atoms with Crippen LogP contribution in [0.5, 0.6) is 0 Å². The highest BCUT2D eigenvalue weighted by Gasteiger charge is 2.34. The average Bonchev–Trinajstić information content (AvgIpc) is 2.24. The Labute approximate surface area is 122 Å². The molecule has 1 N–H and O–H groups in total. The van der Waals surface area contributed by atoms with Crippen LogP contribution in [0.2, 0.25) is 0 Å². The molecule has 5 heteroatoms. The molecule has 0 aliphatic rings. The fraction of sp³-hybridized carbons (Fsp3) is 1.00. The molecule has 0 spiro atoms. The standard InChI is InChI=1S/C15H31F3N2/c1-7-9-20(12-15(16,17)18)11-14(6,8-2)10-19-13(3,4)5/h19H,7-12H2,1-6H3. The predicted octanol–water partition coefficient (Wildman–Crippen LogP) is 4.07. The number of nitrogens with one attached hydrogen (secondary N) is 1. The van der Waals surface area contributed by atoms with Crippen LogP contribution in [0.15, 0.2) is 0 Å². The summed E-state index contributed by atoms with van der Waals surface area (Å²) >= 11 is 0. The molecule has 0 saturated heterocycles. The number of rotatable bonds is 8. The van der Waals surface area contributed by atoms with Crippen molar-refractivity contribution in [1.82, 2.24) is 10.2 Å². The van der Waals surface area contributed by atoms with Gasteiger partial charge in [-0.15, -0.1) is 0 Å². The Morgan fingerprint density at radius 1 is 0.950 bits per heavy atom. The van der Waals surface area contributed by atoms with E-state index in [0.29, 0.717) is 13.1 Å². The zero-order valence-electron chi connectivity index (χ0n) is 13.8. The molecule has 0 rings (SSSR count). The zero-order chi connectivity index (χ0) is 16.0. The van der Waals surface area contributed by atoms with E-state index in [9.17, 15) is 13.2 Å². The fourth-order valence-corrected chi connectivity index (χ4v) is 2.09. The lowest BCUT2D eigenvalue weighted by molar-refractivity contribution is -0.149. The van der Waals surface area contributed by atoms with Crippen LogP contribution in [0.1, 0.15) is 54.4 Å². The lowest BCUT2D eigenvalue weighted by Crippen LogP contribution is -2.49. The SMILES string of the molecule is CCCN(CC(F)(F)F)CC(C)(CC)CNC(C)(C)C. The maximum atomic E-state index is 12.6. The van der Waals surface area contributed by atoms with Gasteiger partial charge in [-0.05, 0) is 45.6 Å². The van der Waals surface area contributed by atoms with Crippen molar-refractivity contribution in [2.24, 2.45) is 5.41 Å². The Morgan fingerprint density at radius 2 is 1.50 bits per heavy atom. The van der Waals surface area contributed by atoms with Crippen molar-refractivity contribution in [1.29, 1.82) is 0 Å². The molecule has 0 bridgehead atoms. The van der Waals surface area contributed by atoms with E-state index in [1.165, 1.54) is 4.90 Å². The highest BCUT2D eigenvalue weighted by Crippen LogP contribution is 2.25. The third-order valence-corrected chi connectivity index (χ3v) is 3.45. The molecule has 1 atom stereocenters. The molecule has 122 valence electrons. The first kappa shape index (κ1) is 19.7. The second-order valence-corrected chi connectivity index (χ2v) is 7.09. The van der Waals surface area contributed by atoms with E-state index in [-0.39, 0.29) is 11.0 Å². The van der Waals surface area contributed by atoms with Gasteiger partial charge in [0.15, 0.2) is 0 Å². The second-order valence-electron chi connectivity index (χ2n) is 7.09. The predicted molar refractivity (Wildman–Crippen MR) is 78.9 cm³/mol. The molecule has 0 aromatic carbocycles. The molecular weight excluding hydrogens is 265 g/mol. The monoisotopic (exact) mass is 296 g/mol. The molecule has 0 radical (unpaired) electrons. The van der Waals surface area contributed by atoms with Crippen molar-refractivity contribution in [3.05, 3.63) is 0 Å². The third-order valence-electron chi connectivity index (χ3n) is 3.45. The van der Waals surface area contributed by atoms with Crippen LogP contribution in [0.3, 0.4) is 0 Å². The lowest BCUT2D eigenvalue weighted by Gasteiger charge is -2.37. The second kappa shape index (κ2) is 7.64. The van der Waals surface area contributed by atoms with Gasteiger partial charge >= 0.3 is 6.18 Å². The molecule has 1 unspecified atom stereocenters. The Kier molecular flexibility index (Phi) is 7.53. The largest absolute Gasteiger partial charge is 0.401 e. The molecule has 0 aromatic heterocycles. The van der Waals surface area contributed by atoms with Gasteiger partial charge in [0.25, 0.3) is 0 Å². The average molecular weight is 296 g/mol. The van der Waals surface area contributed by atoms with Crippen LogP contribution in [0, 0.1) is 5.41 Å². The van der Waals surface area contributed by atoms with E-state index in [1.54, 1.807) is 0 Å². The van der Waals surface area contributed by atoms with E-state index < -0.39 is 12.7 Å². The maximum Gasteiger partial charge on any atom is 0.401 e. The summed E-state index contributed by atoms with van der Waals surface area (Å²) in [6, 6.07) is 0. The topological polar surface area (TPSA) is 15.3 Å². The van der Waals surface area contributed by atoms with Crippen molar-refractivity contribution in [2.45, 2.75) is 66.1 Å². The maximum absolute atomic E-state index is 12.6. The smallest absolute Gasteiger partial charge is 0.311 e. The summed E-state index contributed by atoms with van der Waals surface area (Å²) < 4.78 is 37.9. The summed E-state index contributed by atoms with van der Waals surface area (Å²) in [4.78, 5) is 1.54. The number of nitrogens with zero attached hydrogens (tertiary/aromatic N) is 1. The Hall–Kier alpha value is -0.290. The third kappa shape index (κ3) is 9.59. The number of halogens is 3. The quantitative estimate of drug-likeness (QED) is 0.726. The lowest BCUT2D eigenvalue weighted by atomic mass is 9.85. The summed E-state index contributed by atoms with van der Waals surface area (Å²) in [5.41, 5.74) is -0.163. The van der Waals surface area contributed by atoms with Crippen molar-refractivity contribution >= 4 is 0 Å². The summed E-state index contributed by atoms with van der Waals surface area (Å²) in [6.07, 6.45) is -2.53. The van der Waals surface area contributed by atoms with Crippen molar-refractivity contribution in [3.63, 3.8) is 0 Å². The zero-order valence-corrected chi connectivity index (χ0v) is 13.8. The number of alkyl halides is 3. The molecule has 20 heavy (non-hydrogen) atoms. The first-order valence-electron chi connectivity index (χ1n) is 7.45. The Bertz CT molecular complexity index is 271. The molecule has 2 nitrogen and oxygen atoms in total. The van der Waals surface area contributed by atoms with E-state index in [4.69, 9.17) is 0 Å². The number of hydrogen-bond acceptors (Lipinski definition) is 2. The van der Waals surface area contributed by atoms with Crippen LogP contribution < -0.4 is 5.32 Å². The van der Waals surface area contributed by atoms with Gasteiger partial charge in [-0.1, -0.05) is 20.8 Å². The van der Waals surface area contributed by atoms with Gasteiger partial charge < -0.3 is 5.32 Å². The minimum absolute atomic E-state index is 0.0178. The van der Waals surface area contributed by atoms with E-state index >= 15 is 0 Å². The summed E-state index contributed by atoms with van der Waals surface area (Å²) in [5, 5.41) is 3.42.